The van der Waals surface area contributed by atoms with E-state index in [0.717, 1.165) is 10.1 Å². The van der Waals surface area contributed by atoms with Gasteiger partial charge in [-0.3, -0.25) is 9.78 Å². The van der Waals surface area contributed by atoms with Crippen LogP contribution in [0.4, 0.5) is 13.2 Å². The van der Waals surface area contributed by atoms with Crippen LogP contribution in [0.15, 0.2) is 67.0 Å². The van der Waals surface area contributed by atoms with Crippen LogP contribution in [-0.2, 0) is 6.54 Å². The Labute approximate surface area is 165 Å². The summed E-state index contributed by atoms with van der Waals surface area (Å²) in [6, 6.07) is 15.7. The minimum absolute atomic E-state index is 0.232. The standard InChI is InChI=1S/C22H18F3N3O/c1-14(15-5-3-2-4-6-15)27-21(29)16-7-8-17-18-9-10-26-12-20(18)28(19(17)11-16)13-22(23,24)25/h2-12,14H,13H2,1H3,(H,27,29). The lowest BCUT2D eigenvalue weighted by atomic mass is 10.1. The lowest BCUT2D eigenvalue weighted by Gasteiger charge is -2.15. The van der Waals surface area contributed by atoms with Gasteiger partial charge in [0.05, 0.1) is 23.3 Å². The molecular formula is C22H18F3N3O. The SMILES string of the molecule is CC(NC(=O)c1ccc2c3ccncc3n(CC(F)(F)F)c2c1)c1ccccc1. The van der Waals surface area contributed by atoms with Crippen LogP contribution in [0.3, 0.4) is 0 Å². The Morgan fingerprint density at radius 3 is 2.52 bits per heavy atom. The van der Waals surface area contributed by atoms with E-state index in [4.69, 9.17) is 0 Å². The Morgan fingerprint density at radius 1 is 1.07 bits per heavy atom. The van der Waals surface area contributed by atoms with E-state index in [1.54, 1.807) is 24.4 Å². The maximum absolute atomic E-state index is 13.2. The molecule has 0 aliphatic carbocycles. The molecule has 0 saturated heterocycles. The average Bonchev–Trinajstić information content (AvgIpc) is 3.00. The van der Waals surface area contributed by atoms with Gasteiger partial charge in [-0.25, -0.2) is 0 Å². The summed E-state index contributed by atoms with van der Waals surface area (Å²) in [5.41, 5.74) is 1.99. The van der Waals surface area contributed by atoms with Gasteiger partial charge in [0.15, 0.2) is 0 Å². The van der Waals surface area contributed by atoms with Gasteiger partial charge in [0.25, 0.3) is 5.91 Å². The summed E-state index contributed by atoms with van der Waals surface area (Å²) in [5, 5.41) is 4.22. The highest BCUT2D eigenvalue weighted by molar-refractivity contribution is 6.10. The number of carbonyl (C=O) groups excluding carboxylic acids is 1. The van der Waals surface area contributed by atoms with Crippen molar-refractivity contribution in [2.75, 3.05) is 0 Å². The number of aromatic nitrogens is 2. The fraction of sp³-hybridized carbons (Fsp3) is 0.182. The second-order valence-corrected chi connectivity index (χ2v) is 6.93. The van der Waals surface area contributed by atoms with Crippen molar-refractivity contribution in [3.05, 3.63) is 78.1 Å². The van der Waals surface area contributed by atoms with Crippen molar-refractivity contribution in [1.82, 2.24) is 14.9 Å². The van der Waals surface area contributed by atoms with E-state index in [9.17, 15) is 18.0 Å². The minimum Gasteiger partial charge on any atom is -0.346 e. The molecule has 7 heteroatoms. The molecule has 1 N–H and O–H groups in total. The Kier molecular flexibility index (Phi) is 4.74. The van der Waals surface area contributed by atoms with E-state index in [-0.39, 0.29) is 11.9 Å². The Morgan fingerprint density at radius 2 is 1.79 bits per heavy atom. The maximum Gasteiger partial charge on any atom is 0.406 e. The van der Waals surface area contributed by atoms with Crippen LogP contribution < -0.4 is 5.32 Å². The van der Waals surface area contributed by atoms with Gasteiger partial charge in [-0.1, -0.05) is 36.4 Å². The van der Waals surface area contributed by atoms with Gasteiger partial charge in [0.1, 0.15) is 6.54 Å². The van der Waals surface area contributed by atoms with Gasteiger partial charge < -0.3 is 9.88 Å². The van der Waals surface area contributed by atoms with Gasteiger partial charge in [0, 0.05) is 22.5 Å². The van der Waals surface area contributed by atoms with Gasteiger partial charge in [-0.2, -0.15) is 13.2 Å². The van der Waals surface area contributed by atoms with Crippen LogP contribution in [-0.4, -0.2) is 21.6 Å². The smallest absolute Gasteiger partial charge is 0.346 e. The highest BCUT2D eigenvalue weighted by atomic mass is 19.4. The zero-order chi connectivity index (χ0) is 20.6. The highest BCUT2D eigenvalue weighted by Crippen LogP contribution is 2.32. The fourth-order valence-electron chi connectivity index (χ4n) is 3.54. The molecule has 2 aromatic heterocycles. The van der Waals surface area contributed by atoms with Crippen LogP contribution in [0.25, 0.3) is 21.8 Å². The first-order valence-electron chi connectivity index (χ1n) is 9.12. The number of fused-ring (bicyclic) bond motifs is 3. The van der Waals surface area contributed by atoms with E-state index >= 15 is 0 Å². The van der Waals surface area contributed by atoms with Crippen molar-refractivity contribution in [3.63, 3.8) is 0 Å². The largest absolute Gasteiger partial charge is 0.406 e. The quantitative estimate of drug-likeness (QED) is 0.512. The van der Waals surface area contributed by atoms with Gasteiger partial charge >= 0.3 is 6.18 Å². The summed E-state index contributed by atoms with van der Waals surface area (Å²) >= 11 is 0. The molecule has 1 unspecified atom stereocenters. The fourth-order valence-corrected chi connectivity index (χ4v) is 3.54. The molecule has 0 bridgehead atoms. The third-order valence-electron chi connectivity index (χ3n) is 4.92. The number of hydrogen-bond donors (Lipinski definition) is 1. The second kappa shape index (κ2) is 7.24. The maximum atomic E-state index is 13.2. The predicted molar refractivity (Wildman–Crippen MR) is 106 cm³/mol. The Bertz CT molecular complexity index is 1180. The molecule has 4 aromatic rings. The summed E-state index contributed by atoms with van der Waals surface area (Å²) in [6.45, 7) is 0.711. The highest BCUT2D eigenvalue weighted by Gasteiger charge is 2.30. The third kappa shape index (κ3) is 3.81. The molecule has 0 radical (unpaired) electrons. The molecule has 0 fully saturated rings. The number of rotatable bonds is 4. The molecule has 0 spiro atoms. The lowest BCUT2D eigenvalue weighted by Crippen LogP contribution is -2.26. The molecule has 1 amide bonds. The average molecular weight is 397 g/mol. The lowest BCUT2D eigenvalue weighted by molar-refractivity contribution is -0.139. The van der Waals surface area contributed by atoms with E-state index in [2.05, 4.69) is 10.3 Å². The molecule has 29 heavy (non-hydrogen) atoms. The number of halogens is 3. The number of alkyl halides is 3. The number of carbonyl (C=O) groups is 1. The first kappa shape index (κ1) is 19.0. The molecule has 4 nitrogen and oxygen atoms in total. The third-order valence-corrected chi connectivity index (χ3v) is 4.92. The van der Waals surface area contributed by atoms with Crippen molar-refractivity contribution in [2.45, 2.75) is 25.7 Å². The first-order chi connectivity index (χ1) is 13.8. The number of nitrogens with zero attached hydrogens (tertiary/aromatic N) is 2. The van der Waals surface area contributed by atoms with E-state index in [1.807, 2.05) is 37.3 Å². The second-order valence-electron chi connectivity index (χ2n) is 6.93. The molecule has 0 aliphatic heterocycles. The van der Waals surface area contributed by atoms with Crippen LogP contribution in [0.5, 0.6) is 0 Å². The topological polar surface area (TPSA) is 46.9 Å². The van der Waals surface area contributed by atoms with E-state index < -0.39 is 12.7 Å². The van der Waals surface area contributed by atoms with Crippen molar-refractivity contribution in [1.29, 1.82) is 0 Å². The van der Waals surface area contributed by atoms with Crippen LogP contribution in [0.2, 0.25) is 0 Å². The molecule has 2 aromatic carbocycles. The minimum atomic E-state index is -4.39. The van der Waals surface area contributed by atoms with Gasteiger partial charge in [-0.15, -0.1) is 0 Å². The Balaban J connectivity index is 1.74. The summed E-state index contributed by atoms with van der Waals surface area (Å²) in [5.74, 6) is -0.342. The first-order valence-corrected chi connectivity index (χ1v) is 9.12. The van der Waals surface area contributed by atoms with Crippen molar-refractivity contribution in [3.8, 4) is 0 Å². The van der Waals surface area contributed by atoms with Gasteiger partial charge in [-0.05, 0) is 30.7 Å². The van der Waals surface area contributed by atoms with Crippen molar-refractivity contribution in [2.24, 2.45) is 0 Å². The summed E-state index contributed by atoms with van der Waals surface area (Å²) in [7, 11) is 0. The number of pyridine rings is 1. The van der Waals surface area contributed by atoms with E-state index in [1.165, 1.54) is 12.3 Å². The molecule has 148 valence electrons. The number of hydrogen-bond acceptors (Lipinski definition) is 2. The number of benzene rings is 2. The van der Waals surface area contributed by atoms with Crippen molar-refractivity contribution < 1.29 is 18.0 Å². The normalized spacial score (nSPS) is 13.0. The molecule has 4 rings (SSSR count). The molecular weight excluding hydrogens is 379 g/mol. The predicted octanol–water partition coefficient (Wildman–Crippen LogP) is 5.24. The number of amides is 1. The molecule has 0 saturated carbocycles. The summed E-state index contributed by atoms with van der Waals surface area (Å²) in [6.07, 6.45) is -1.44. The monoisotopic (exact) mass is 397 g/mol. The van der Waals surface area contributed by atoms with Crippen LogP contribution >= 0.6 is 0 Å². The van der Waals surface area contributed by atoms with Gasteiger partial charge in [0.2, 0.25) is 0 Å². The van der Waals surface area contributed by atoms with Crippen molar-refractivity contribution >= 4 is 27.7 Å². The summed E-state index contributed by atoms with van der Waals surface area (Å²) in [4.78, 5) is 16.7. The molecule has 1 atom stereocenters. The molecule has 0 aliphatic rings. The zero-order valence-corrected chi connectivity index (χ0v) is 15.6. The van der Waals surface area contributed by atoms with E-state index in [0.29, 0.717) is 27.4 Å². The zero-order valence-electron chi connectivity index (χ0n) is 15.6. The number of nitrogens with one attached hydrogen (secondary N) is 1. The molecule has 2 heterocycles. The van der Waals surface area contributed by atoms with Crippen LogP contribution in [0.1, 0.15) is 28.9 Å². The Hall–Kier alpha value is -3.35. The van der Waals surface area contributed by atoms with Crippen LogP contribution in [0, 0.1) is 0 Å². The summed E-state index contributed by atoms with van der Waals surface area (Å²) < 4.78 is 40.7.